The van der Waals surface area contributed by atoms with Crippen LogP contribution in [0.2, 0.25) is 0 Å². The van der Waals surface area contributed by atoms with Crippen molar-refractivity contribution in [3.8, 4) is 0 Å². The minimum Gasteiger partial charge on any atom is -0.296 e. The number of Topliss-reactive ketones (excluding diaryl/α,β-unsaturated/α-hetero) is 1. The van der Waals surface area contributed by atoms with Crippen LogP contribution in [0, 0.1) is 5.92 Å². The van der Waals surface area contributed by atoms with Gasteiger partial charge in [-0.15, -0.1) is 0 Å². The van der Waals surface area contributed by atoms with Crippen LogP contribution in [0.1, 0.15) is 32.6 Å². The van der Waals surface area contributed by atoms with Gasteiger partial charge in [0.15, 0.2) is 12.0 Å². The molecule has 1 fully saturated rings. The lowest BCUT2D eigenvalue weighted by Gasteiger charge is -2.21. The molecule has 0 aromatic rings. The zero-order valence-corrected chi connectivity index (χ0v) is 6.27. The summed E-state index contributed by atoms with van der Waals surface area (Å²) in [5.41, 5.74) is 0. The summed E-state index contributed by atoms with van der Waals surface area (Å²) < 4.78 is 12.7. The standard InChI is InChI=1S/C8H13FO/c1-2-6-4-3-5-7(9)8(6)10/h6-7H,2-5H2,1H3/t6-,7+/m1/s1. The van der Waals surface area contributed by atoms with E-state index < -0.39 is 6.17 Å². The molecule has 0 heterocycles. The summed E-state index contributed by atoms with van der Waals surface area (Å²) in [5.74, 6) is -0.141. The van der Waals surface area contributed by atoms with Gasteiger partial charge in [0.25, 0.3) is 0 Å². The molecule has 1 aliphatic rings. The lowest BCUT2D eigenvalue weighted by Crippen LogP contribution is -2.28. The molecule has 0 bridgehead atoms. The summed E-state index contributed by atoms with van der Waals surface area (Å²) in [6, 6.07) is 0. The fraction of sp³-hybridized carbons (Fsp3) is 0.875. The third-order valence-electron chi connectivity index (χ3n) is 2.21. The van der Waals surface area contributed by atoms with Gasteiger partial charge in [0.05, 0.1) is 0 Å². The maximum atomic E-state index is 12.7. The lowest BCUT2D eigenvalue weighted by atomic mass is 9.85. The molecule has 0 unspecified atom stereocenters. The Morgan fingerprint density at radius 2 is 2.30 bits per heavy atom. The number of rotatable bonds is 1. The molecule has 0 spiro atoms. The highest BCUT2D eigenvalue weighted by Crippen LogP contribution is 2.24. The molecule has 1 rings (SSSR count). The average Bonchev–Trinajstić information content (AvgIpc) is 1.95. The number of carbonyl (C=O) groups excluding carboxylic acids is 1. The molecule has 0 aromatic carbocycles. The van der Waals surface area contributed by atoms with Crippen LogP contribution in [0.4, 0.5) is 4.39 Å². The van der Waals surface area contributed by atoms with Crippen molar-refractivity contribution in [1.82, 2.24) is 0 Å². The molecule has 0 saturated heterocycles. The highest BCUT2D eigenvalue weighted by atomic mass is 19.1. The van der Waals surface area contributed by atoms with Gasteiger partial charge in [0.1, 0.15) is 0 Å². The molecule has 0 radical (unpaired) electrons. The van der Waals surface area contributed by atoms with Crippen LogP contribution >= 0.6 is 0 Å². The van der Waals surface area contributed by atoms with Crippen LogP contribution < -0.4 is 0 Å². The van der Waals surface area contributed by atoms with Crippen molar-refractivity contribution in [1.29, 1.82) is 0 Å². The molecule has 1 aliphatic carbocycles. The van der Waals surface area contributed by atoms with Crippen molar-refractivity contribution in [3.63, 3.8) is 0 Å². The lowest BCUT2D eigenvalue weighted by molar-refractivity contribution is -0.130. The molecular formula is C8H13FO. The van der Waals surface area contributed by atoms with E-state index in [0.29, 0.717) is 6.42 Å². The second-order valence-corrected chi connectivity index (χ2v) is 2.91. The molecule has 2 atom stereocenters. The first-order chi connectivity index (χ1) is 4.75. The number of halogens is 1. The summed E-state index contributed by atoms with van der Waals surface area (Å²) in [4.78, 5) is 11.0. The summed E-state index contributed by atoms with van der Waals surface area (Å²) in [5, 5.41) is 0. The van der Waals surface area contributed by atoms with Crippen LogP contribution in [0.3, 0.4) is 0 Å². The largest absolute Gasteiger partial charge is 0.296 e. The van der Waals surface area contributed by atoms with Crippen molar-refractivity contribution < 1.29 is 9.18 Å². The van der Waals surface area contributed by atoms with Crippen molar-refractivity contribution in [2.24, 2.45) is 5.92 Å². The number of hydrogen-bond donors (Lipinski definition) is 0. The number of carbonyl (C=O) groups is 1. The van der Waals surface area contributed by atoms with E-state index in [-0.39, 0.29) is 11.7 Å². The molecule has 0 aromatic heterocycles. The second-order valence-electron chi connectivity index (χ2n) is 2.91. The Morgan fingerprint density at radius 1 is 1.60 bits per heavy atom. The van der Waals surface area contributed by atoms with E-state index in [4.69, 9.17) is 0 Å². The Balaban J connectivity index is 2.51. The number of alkyl halides is 1. The van der Waals surface area contributed by atoms with Gasteiger partial charge < -0.3 is 0 Å². The van der Waals surface area contributed by atoms with E-state index in [9.17, 15) is 9.18 Å². The van der Waals surface area contributed by atoms with Crippen LogP contribution in [0.5, 0.6) is 0 Å². The Kier molecular flexibility index (Phi) is 2.41. The van der Waals surface area contributed by atoms with Gasteiger partial charge in [-0.3, -0.25) is 4.79 Å². The van der Waals surface area contributed by atoms with E-state index in [2.05, 4.69) is 0 Å². The molecule has 0 amide bonds. The molecule has 0 N–H and O–H groups in total. The zero-order chi connectivity index (χ0) is 7.56. The molecule has 0 aliphatic heterocycles. The highest BCUT2D eigenvalue weighted by Gasteiger charge is 2.29. The Hall–Kier alpha value is -0.400. The summed E-state index contributed by atoms with van der Waals surface area (Å²) in [7, 11) is 0. The van der Waals surface area contributed by atoms with Gasteiger partial charge in [0, 0.05) is 5.92 Å². The van der Waals surface area contributed by atoms with E-state index in [1.807, 2.05) is 6.92 Å². The maximum Gasteiger partial charge on any atom is 0.169 e. The number of ketones is 1. The van der Waals surface area contributed by atoms with Crippen LogP contribution in [0.25, 0.3) is 0 Å². The van der Waals surface area contributed by atoms with Crippen LogP contribution in [-0.2, 0) is 4.79 Å². The summed E-state index contributed by atoms with van der Waals surface area (Å²) >= 11 is 0. The first-order valence-electron chi connectivity index (χ1n) is 3.93. The SMILES string of the molecule is CC[C@@H]1CCC[C@H](F)C1=O. The Morgan fingerprint density at radius 3 is 2.80 bits per heavy atom. The minimum absolute atomic E-state index is 0.0174. The summed E-state index contributed by atoms with van der Waals surface area (Å²) in [6.45, 7) is 1.95. The first kappa shape index (κ1) is 7.70. The Labute approximate surface area is 60.6 Å². The van der Waals surface area contributed by atoms with Gasteiger partial charge in [0.2, 0.25) is 0 Å². The highest BCUT2D eigenvalue weighted by molar-refractivity contribution is 5.85. The van der Waals surface area contributed by atoms with E-state index in [0.717, 1.165) is 19.3 Å². The maximum absolute atomic E-state index is 12.7. The molecule has 1 saturated carbocycles. The number of hydrogen-bond acceptors (Lipinski definition) is 1. The van der Waals surface area contributed by atoms with Crippen LogP contribution in [0.15, 0.2) is 0 Å². The second kappa shape index (κ2) is 3.13. The predicted octanol–water partition coefficient (Wildman–Crippen LogP) is 2.10. The fourth-order valence-corrected chi connectivity index (χ4v) is 1.49. The van der Waals surface area contributed by atoms with Crippen molar-refractivity contribution in [2.75, 3.05) is 0 Å². The zero-order valence-electron chi connectivity index (χ0n) is 6.27. The monoisotopic (exact) mass is 144 g/mol. The predicted molar refractivity (Wildman–Crippen MR) is 37.5 cm³/mol. The van der Waals surface area contributed by atoms with Gasteiger partial charge in [-0.1, -0.05) is 6.92 Å². The smallest absolute Gasteiger partial charge is 0.169 e. The van der Waals surface area contributed by atoms with E-state index in [1.165, 1.54) is 0 Å². The normalized spacial score (nSPS) is 34.4. The van der Waals surface area contributed by atoms with Gasteiger partial charge in [-0.25, -0.2) is 4.39 Å². The minimum atomic E-state index is -1.15. The van der Waals surface area contributed by atoms with Crippen molar-refractivity contribution in [3.05, 3.63) is 0 Å². The average molecular weight is 144 g/mol. The quantitative estimate of drug-likeness (QED) is 0.550. The van der Waals surface area contributed by atoms with E-state index in [1.54, 1.807) is 0 Å². The van der Waals surface area contributed by atoms with Crippen molar-refractivity contribution in [2.45, 2.75) is 38.8 Å². The van der Waals surface area contributed by atoms with Gasteiger partial charge >= 0.3 is 0 Å². The van der Waals surface area contributed by atoms with E-state index >= 15 is 0 Å². The van der Waals surface area contributed by atoms with Gasteiger partial charge in [-0.05, 0) is 25.7 Å². The van der Waals surface area contributed by atoms with Crippen molar-refractivity contribution >= 4 is 5.78 Å². The molecule has 58 valence electrons. The Bertz CT molecular complexity index is 133. The third kappa shape index (κ3) is 1.36. The topological polar surface area (TPSA) is 17.1 Å². The van der Waals surface area contributed by atoms with Gasteiger partial charge in [-0.2, -0.15) is 0 Å². The molecular weight excluding hydrogens is 131 g/mol. The fourth-order valence-electron chi connectivity index (χ4n) is 1.49. The van der Waals surface area contributed by atoms with Crippen LogP contribution in [-0.4, -0.2) is 12.0 Å². The molecule has 10 heavy (non-hydrogen) atoms. The molecule has 1 nitrogen and oxygen atoms in total. The summed E-state index contributed by atoms with van der Waals surface area (Å²) in [6.07, 6.45) is 1.88. The molecule has 2 heteroatoms. The first-order valence-corrected chi connectivity index (χ1v) is 3.93. The third-order valence-corrected chi connectivity index (χ3v) is 2.21.